The standard InChI is InChI=1S/C8H10N4O2/c1-6(2)10-11-8-7(12(13)14)4-3-5-9-8/h3-5H,1-2H3,(H,9,11). The maximum absolute atomic E-state index is 10.5. The average Bonchev–Trinajstić information content (AvgIpc) is 2.15. The van der Waals surface area contributed by atoms with E-state index in [0.29, 0.717) is 0 Å². The Balaban J connectivity index is 2.96. The lowest BCUT2D eigenvalue weighted by Crippen LogP contribution is -1.99. The Bertz CT molecular complexity index is 371. The summed E-state index contributed by atoms with van der Waals surface area (Å²) in [5.74, 6) is 0.152. The van der Waals surface area contributed by atoms with E-state index in [1.807, 2.05) is 0 Å². The molecule has 14 heavy (non-hydrogen) atoms. The van der Waals surface area contributed by atoms with Crippen LogP contribution in [0.1, 0.15) is 13.8 Å². The topological polar surface area (TPSA) is 80.4 Å². The normalized spacial score (nSPS) is 9.29. The van der Waals surface area contributed by atoms with Crippen molar-refractivity contribution in [2.45, 2.75) is 13.8 Å². The fourth-order valence-corrected chi connectivity index (χ4v) is 0.795. The second kappa shape index (κ2) is 4.31. The van der Waals surface area contributed by atoms with Crippen molar-refractivity contribution in [2.24, 2.45) is 5.10 Å². The Morgan fingerprint density at radius 1 is 1.64 bits per heavy atom. The minimum atomic E-state index is -0.504. The molecule has 1 N–H and O–H groups in total. The van der Waals surface area contributed by atoms with Crippen molar-refractivity contribution in [2.75, 3.05) is 5.43 Å². The summed E-state index contributed by atoms with van der Waals surface area (Å²) >= 11 is 0. The summed E-state index contributed by atoms with van der Waals surface area (Å²) < 4.78 is 0. The van der Waals surface area contributed by atoms with Crippen LogP contribution in [0.25, 0.3) is 0 Å². The highest BCUT2D eigenvalue weighted by atomic mass is 16.6. The third-order valence-corrected chi connectivity index (χ3v) is 1.37. The Hall–Kier alpha value is -1.98. The van der Waals surface area contributed by atoms with Crippen LogP contribution in [-0.2, 0) is 0 Å². The molecule has 0 fully saturated rings. The number of hydrogen-bond donors (Lipinski definition) is 1. The van der Waals surface area contributed by atoms with E-state index in [1.54, 1.807) is 13.8 Å². The van der Waals surface area contributed by atoms with Crippen molar-refractivity contribution in [1.29, 1.82) is 0 Å². The second-order valence-electron chi connectivity index (χ2n) is 2.80. The van der Waals surface area contributed by atoms with Crippen LogP contribution in [0, 0.1) is 10.1 Å². The number of anilines is 1. The molecule has 1 rings (SSSR count). The van der Waals surface area contributed by atoms with E-state index in [9.17, 15) is 10.1 Å². The van der Waals surface area contributed by atoms with E-state index < -0.39 is 4.92 Å². The molecular weight excluding hydrogens is 184 g/mol. The van der Waals surface area contributed by atoms with Gasteiger partial charge in [-0.25, -0.2) is 4.98 Å². The zero-order chi connectivity index (χ0) is 10.6. The van der Waals surface area contributed by atoms with Crippen molar-refractivity contribution in [1.82, 2.24) is 4.98 Å². The van der Waals surface area contributed by atoms with Gasteiger partial charge in [0.15, 0.2) is 0 Å². The largest absolute Gasteiger partial charge is 0.313 e. The predicted molar refractivity (Wildman–Crippen MR) is 53.3 cm³/mol. The third-order valence-electron chi connectivity index (χ3n) is 1.37. The number of hydrazone groups is 1. The van der Waals surface area contributed by atoms with Crippen molar-refractivity contribution in [3.05, 3.63) is 28.4 Å². The molecule has 1 aromatic heterocycles. The molecule has 0 aliphatic heterocycles. The first-order chi connectivity index (χ1) is 6.61. The van der Waals surface area contributed by atoms with Gasteiger partial charge in [-0.3, -0.25) is 15.5 Å². The first-order valence-corrected chi connectivity index (χ1v) is 3.97. The quantitative estimate of drug-likeness (QED) is 0.452. The van der Waals surface area contributed by atoms with Gasteiger partial charge in [0, 0.05) is 18.0 Å². The molecular formula is C8H10N4O2. The molecule has 0 radical (unpaired) electrons. The van der Waals surface area contributed by atoms with Crippen LogP contribution in [0.4, 0.5) is 11.5 Å². The Kier molecular flexibility index (Phi) is 3.11. The summed E-state index contributed by atoms with van der Waals surface area (Å²) in [7, 11) is 0. The van der Waals surface area contributed by atoms with Gasteiger partial charge in [0.05, 0.1) is 4.92 Å². The van der Waals surface area contributed by atoms with Crippen molar-refractivity contribution < 1.29 is 4.92 Å². The predicted octanol–water partition coefficient (Wildman–Crippen LogP) is 1.80. The van der Waals surface area contributed by atoms with Crippen LogP contribution >= 0.6 is 0 Å². The fourth-order valence-electron chi connectivity index (χ4n) is 0.795. The highest BCUT2D eigenvalue weighted by Gasteiger charge is 2.12. The van der Waals surface area contributed by atoms with Crippen LogP contribution in [0.15, 0.2) is 23.4 Å². The van der Waals surface area contributed by atoms with Crippen LogP contribution in [-0.4, -0.2) is 15.6 Å². The smallest absolute Gasteiger partial charge is 0.258 e. The summed E-state index contributed by atoms with van der Waals surface area (Å²) in [6.45, 7) is 3.56. The summed E-state index contributed by atoms with van der Waals surface area (Å²) in [5.41, 5.74) is 3.21. The van der Waals surface area contributed by atoms with E-state index in [4.69, 9.17) is 0 Å². The Morgan fingerprint density at radius 3 is 2.93 bits per heavy atom. The Labute approximate surface area is 80.8 Å². The molecule has 0 amide bonds. The minimum absolute atomic E-state index is 0.0856. The molecule has 0 spiro atoms. The van der Waals surface area contributed by atoms with Gasteiger partial charge in [-0.15, -0.1) is 0 Å². The molecule has 6 heteroatoms. The zero-order valence-electron chi connectivity index (χ0n) is 7.89. The monoisotopic (exact) mass is 194 g/mol. The maximum Gasteiger partial charge on any atom is 0.313 e. The van der Waals surface area contributed by atoms with E-state index >= 15 is 0 Å². The third kappa shape index (κ3) is 2.51. The average molecular weight is 194 g/mol. The molecule has 0 aliphatic rings. The SMILES string of the molecule is CC(C)=NNc1ncccc1[N+](=O)[O-]. The van der Waals surface area contributed by atoms with Crippen molar-refractivity contribution in [3.63, 3.8) is 0 Å². The minimum Gasteiger partial charge on any atom is -0.258 e. The van der Waals surface area contributed by atoms with Crippen LogP contribution < -0.4 is 5.43 Å². The van der Waals surface area contributed by atoms with Gasteiger partial charge in [0.25, 0.3) is 0 Å². The van der Waals surface area contributed by atoms with Crippen molar-refractivity contribution in [3.8, 4) is 0 Å². The lowest BCUT2D eigenvalue weighted by molar-refractivity contribution is -0.384. The molecule has 0 atom stereocenters. The number of aromatic nitrogens is 1. The molecule has 0 saturated carbocycles. The lowest BCUT2D eigenvalue weighted by atomic mass is 10.4. The number of nitro groups is 1. The van der Waals surface area contributed by atoms with Gasteiger partial charge in [-0.05, 0) is 19.9 Å². The number of pyridine rings is 1. The molecule has 0 bridgehead atoms. The number of rotatable bonds is 3. The van der Waals surface area contributed by atoms with E-state index in [0.717, 1.165) is 5.71 Å². The Morgan fingerprint density at radius 2 is 2.36 bits per heavy atom. The molecule has 0 aliphatic carbocycles. The number of hydrogen-bond acceptors (Lipinski definition) is 5. The molecule has 1 aromatic rings. The fraction of sp³-hybridized carbons (Fsp3) is 0.250. The molecule has 0 aromatic carbocycles. The lowest BCUT2D eigenvalue weighted by Gasteiger charge is -2.00. The summed E-state index contributed by atoms with van der Waals surface area (Å²) in [5, 5.41) is 14.4. The van der Waals surface area contributed by atoms with Crippen molar-refractivity contribution >= 4 is 17.2 Å². The zero-order valence-corrected chi connectivity index (χ0v) is 7.89. The molecule has 6 nitrogen and oxygen atoms in total. The van der Waals surface area contributed by atoms with Gasteiger partial charge < -0.3 is 0 Å². The maximum atomic E-state index is 10.5. The molecule has 74 valence electrons. The van der Waals surface area contributed by atoms with Gasteiger partial charge in [-0.2, -0.15) is 5.10 Å². The number of nitrogens with one attached hydrogen (secondary N) is 1. The van der Waals surface area contributed by atoms with E-state index in [-0.39, 0.29) is 11.5 Å². The van der Waals surface area contributed by atoms with Gasteiger partial charge in [0.2, 0.25) is 5.82 Å². The summed E-state index contributed by atoms with van der Waals surface area (Å²) in [4.78, 5) is 13.9. The van der Waals surface area contributed by atoms with Crippen LogP contribution in [0.5, 0.6) is 0 Å². The number of nitrogens with zero attached hydrogens (tertiary/aromatic N) is 3. The second-order valence-corrected chi connectivity index (χ2v) is 2.80. The summed E-state index contributed by atoms with van der Waals surface area (Å²) in [6.07, 6.45) is 1.47. The van der Waals surface area contributed by atoms with Crippen LogP contribution in [0.2, 0.25) is 0 Å². The van der Waals surface area contributed by atoms with Gasteiger partial charge >= 0.3 is 5.69 Å². The molecule has 1 heterocycles. The molecule has 0 unspecified atom stereocenters. The first-order valence-electron chi connectivity index (χ1n) is 3.97. The highest BCUT2D eigenvalue weighted by molar-refractivity contribution is 5.80. The first kappa shape index (κ1) is 10.1. The van der Waals surface area contributed by atoms with E-state index in [2.05, 4.69) is 15.5 Å². The van der Waals surface area contributed by atoms with E-state index in [1.165, 1.54) is 18.3 Å². The summed E-state index contributed by atoms with van der Waals surface area (Å²) in [6, 6.07) is 2.88. The van der Waals surface area contributed by atoms with Gasteiger partial charge in [-0.1, -0.05) is 0 Å². The highest BCUT2D eigenvalue weighted by Crippen LogP contribution is 2.19. The van der Waals surface area contributed by atoms with Gasteiger partial charge in [0.1, 0.15) is 0 Å². The van der Waals surface area contributed by atoms with Crippen LogP contribution in [0.3, 0.4) is 0 Å². The molecule has 0 saturated heterocycles.